The number of rotatable bonds is 4. The van der Waals surface area contributed by atoms with Gasteiger partial charge in [-0.3, -0.25) is 10.1 Å². The Bertz CT molecular complexity index is 620. The first kappa shape index (κ1) is 18.8. The molecule has 8 nitrogen and oxygen atoms in total. The molecule has 1 atom stereocenters. The van der Waals surface area contributed by atoms with Gasteiger partial charge in [-0.15, -0.1) is 12.4 Å². The molecule has 9 heteroatoms. The summed E-state index contributed by atoms with van der Waals surface area (Å²) < 4.78 is 15.3. The van der Waals surface area contributed by atoms with Crippen molar-refractivity contribution in [1.82, 2.24) is 5.32 Å². The maximum atomic E-state index is 11.5. The lowest BCUT2D eigenvalue weighted by atomic mass is 9.79. The summed E-state index contributed by atoms with van der Waals surface area (Å²) in [6.45, 7) is 3.88. The summed E-state index contributed by atoms with van der Waals surface area (Å²) in [4.78, 5) is 22.4. The van der Waals surface area contributed by atoms with Gasteiger partial charge in [0.15, 0.2) is 11.5 Å². The number of halogens is 1. The molecule has 1 aliphatic heterocycles. The number of methoxy groups -OCH3 is 2. The fourth-order valence-electron chi connectivity index (χ4n) is 2.46. The number of hydrogen-bond acceptors (Lipinski definition) is 6. The summed E-state index contributed by atoms with van der Waals surface area (Å²) in [5.74, 6) is 0.619. The van der Waals surface area contributed by atoms with Crippen LogP contribution in [0, 0.1) is 15.5 Å². The lowest BCUT2D eigenvalue weighted by Gasteiger charge is -2.38. The molecular weight excluding hydrogens is 328 g/mol. The standard InChI is InChI=1S/C14H18N2O6.ClH/c1-14(2)7-22-13(17)15-12(14)8-5-10(20-3)11(21-4)6-9(8)16(18)19;/h5-6,12H,7H2,1-4H3,(H,15,17);1H/t12-;/m1./s1. The number of nitro benzene ring substituents is 1. The molecule has 0 aromatic heterocycles. The number of benzene rings is 1. The van der Waals surface area contributed by atoms with E-state index in [0.29, 0.717) is 11.3 Å². The molecular formula is C14H19ClN2O6. The summed E-state index contributed by atoms with van der Waals surface area (Å²) in [7, 11) is 2.85. The summed E-state index contributed by atoms with van der Waals surface area (Å²) in [6, 6.07) is 2.25. The van der Waals surface area contributed by atoms with Gasteiger partial charge in [0.25, 0.3) is 5.69 Å². The third-order valence-corrected chi connectivity index (χ3v) is 3.66. The quantitative estimate of drug-likeness (QED) is 0.664. The van der Waals surface area contributed by atoms with Crippen LogP contribution < -0.4 is 14.8 Å². The number of alkyl carbamates (subject to hydrolysis) is 1. The van der Waals surface area contributed by atoms with Gasteiger partial charge in [-0.2, -0.15) is 0 Å². The molecule has 1 saturated heterocycles. The molecule has 1 aromatic rings. The molecule has 1 amide bonds. The van der Waals surface area contributed by atoms with E-state index in [9.17, 15) is 14.9 Å². The Morgan fingerprint density at radius 1 is 1.30 bits per heavy atom. The van der Waals surface area contributed by atoms with Gasteiger partial charge in [0.2, 0.25) is 0 Å². The fourth-order valence-corrected chi connectivity index (χ4v) is 2.46. The van der Waals surface area contributed by atoms with Crippen molar-refractivity contribution in [2.75, 3.05) is 20.8 Å². The Balaban J connectivity index is 0.00000264. The second kappa shape index (κ2) is 6.91. The predicted octanol–water partition coefficient (Wildman–Crippen LogP) is 2.84. The number of nitrogens with zero attached hydrogens (tertiary/aromatic N) is 1. The zero-order valence-corrected chi connectivity index (χ0v) is 14.1. The number of amides is 1. The Morgan fingerprint density at radius 2 is 1.87 bits per heavy atom. The van der Waals surface area contributed by atoms with Crippen LogP contribution in [0.15, 0.2) is 12.1 Å². The molecule has 1 N–H and O–H groups in total. The summed E-state index contributed by atoms with van der Waals surface area (Å²) >= 11 is 0. The molecule has 1 fully saturated rings. The monoisotopic (exact) mass is 346 g/mol. The van der Waals surface area contributed by atoms with Crippen molar-refractivity contribution in [1.29, 1.82) is 0 Å². The van der Waals surface area contributed by atoms with Crippen LogP contribution >= 0.6 is 12.4 Å². The van der Waals surface area contributed by atoms with Crippen LogP contribution in [-0.4, -0.2) is 31.8 Å². The van der Waals surface area contributed by atoms with E-state index >= 15 is 0 Å². The molecule has 0 radical (unpaired) electrons. The molecule has 23 heavy (non-hydrogen) atoms. The molecule has 1 heterocycles. The average molecular weight is 347 g/mol. The number of nitrogens with one attached hydrogen (secondary N) is 1. The Morgan fingerprint density at radius 3 is 2.39 bits per heavy atom. The topological polar surface area (TPSA) is 99.9 Å². The van der Waals surface area contributed by atoms with Gasteiger partial charge < -0.3 is 19.5 Å². The molecule has 2 rings (SSSR count). The van der Waals surface area contributed by atoms with Crippen LogP contribution in [0.4, 0.5) is 10.5 Å². The van der Waals surface area contributed by atoms with E-state index in [-0.39, 0.29) is 30.5 Å². The average Bonchev–Trinajstić information content (AvgIpc) is 2.48. The van der Waals surface area contributed by atoms with Crippen LogP contribution in [-0.2, 0) is 4.74 Å². The van der Waals surface area contributed by atoms with Crippen LogP contribution in [0.25, 0.3) is 0 Å². The van der Waals surface area contributed by atoms with E-state index in [1.165, 1.54) is 26.4 Å². The first-order valence-corrected chi connectivity index (χ1v) is 6.63. The van der Waals surface area contributed by atoms with Crippen LogP contribution in [0.3, 0.4) is 0 Å². The molecule has 0 spiro atoms. The zero-order chi connectivity index (χ0) is 16.5. The highest BCUT2D eigenvalue weighted by Gasteiger charge is 2.41. The van der Waals surface area contributed by atoms with E-state index in [1.807, 2.05) is 13.8 Å². The highest BCUT2D eigenvalue weighted by atomic mass is 35.5. The van der Waals surface area contributed by atoms with Crippen LogP contribution in [0.2, 0.25) is 0 Å². The number of cyclic esters (lactones) is 1. The van der Waals surface area contributed by atoms with Crippen LogP contribution in [0.1, 0.15) is 25.5 Å². The minimum absolute atomic E-state index is 0. The first-order valence-electron chi connectivity index (χ1n) is 6.63. The highest BCUT2D eigenvalue weighted by molar-refractivity contribution is 5.85. The lowest BCUT2D eigenvalue weighted by molar-refractivity contribution is -0.386. The molecule has 0 unspecified atom stereocenters. The van der Waals surface area contributed by atoms with E-state index < -0.39 is 22.5 Å². The molecule has 0 bridgehead atoms. The predicted molar refractivity (Wildman–Crippen MR) is 84.5 cm³/mol. The molecule has 0 saturated carbocycles. The Hall–Kier alpha value is -2.22. The summed E-state index contributed by atoms with van der Waals surface area (Å²) in [6.07, 6.45) is -0.603. The molecule has 1 aromatic carbocycles. The summed E-state index contributed by atoms with van der Waals surface area (Å²) in [5.41, 5.74) is -0.305. The highest BCUT2D eigenvalue weighted by Crippen LogP contribution is 2.44. The van der Waals surface area contributed by atoms with E-state index in [2.05, 4.69) is 5.32 Å². The SMILES string of the molecule is COc1cc([C@H]2NC(=O)OCC2(C)C)c([N+](=O)[O-])cc1OC.Cl. The van der Waals surface area contributed by atoms with Gasteiger partial charge in [-0.1, -0.05) is 13.8 Å². The number of hydrogen-bond donors (Lipinski definition) is 1. The van der Waals surface area contributed by atoms with Crippen molar-refractivity contribution in [3.63, 3.8) is 0 Å². The lowest BCUT2D eigenvalue weighted by Crippen LogP contribution is -2.47. The minimum atomic E-state index is -0.603. The Kier molecular flexibility index (Phi) is 5.65. The van der Waals surface area contributed by atoms with Gasteiger partial charge in [-0.25, -0.2) is 4.79 Å². The molecule has 128 valence electrons. The van der Waals surface area contributed by atoms with Gasteiger partial charge in [-0.05, 0) is 6.07 Å². The third kappa shape index (κ3) is 3.58. The van der Waals surface area contributed by atoms with Gasteiger partial charge >= 0.3 is 6.09 Å². The largest absolute Gasteiger partial charge is 0.493 e. The van der Waals surface area contributed by atoms with Gasteiger partial charge in [0.1, 0.15) is 6.61 Å². The van der Waals surface area contributed by atoms with Gasteiger partial charge in [0, 0.05) is 5.41 Å². The number of carbonyl (C=O) groups is 1. The van der Waals surface area contributed by atoms with Crippen molar-refractivity contribution in [2.24, 2.45) is 5.41 Å². The van der Waals surface area contributed by atoms with E-state index in [1.54, 1.807) is 0 Å². The van der Waals surface area contributed by atoms with Crippen molar-refractivity contribution in [3.05, 3.63) is 27.8 Å². The third-order valence-electron chi connectivity index (χ3n) is 3.66. The number of carbonyl (C=O) groups excluding carboxylic acids is 1. The summed E-state index contributed by atoms with van der Waals surface area (Å²) in [5, 5.41) is 14.0. The van der Waals surface area contributed by atoms with Crippen molar-refractivity contribution in [2.45, 2.75) is 19.9 Å². The van der Waals surface area contributed by atoms with Crippen molar-refractivity contribution < 1.29 is 23.9 Å². The first-order chi connectivity index (χ1) is 10.3. The maximum Gasteiger partial charge on any atom is 0.407 e. The maximum absolute atomic E-state index is 11.5. The van der Waals surface area contributed by atoms with E-state index in [0.717, 1.165) is 0 Å². The van der Waals surface area contributed by atoms with E-state index in [4.69, 9.17) is 14.2 Å². The molecule has 1 aliphatic rings. The van der Waals surface area contributed by atoms with Gasteiger partial charge in [0.05, 0.1) is 36.8 Å². The second-order valence-electron chi connectivity index (χ2n) is 5.67. The number of ether oxygens (including phenoxy) is 3. The fraction of sp³-hybridized carbons (Fsp3) is 0.500. The molecule has 0 aliphatic carbocycles. The number of nitro groups is 1. The normalized spacial score (nSPS) is 19.0. The van der Waals surface area contributed by atoms with Crippen molar-refractivity contribution in [3.8, 4) is 11.5 Å². The van der Waals surface area contributed by atoms with Crippen molar-refractivity contribution >= 4 is 24.2 Å². The minimum Gasteiger partial charge on any atom is -0.493 e. The Labute approximate surface area is 139 Å². The smallest absolute Gasteiger partial charge is 0.407 e. The van der Waals surface area contributed by atoms with Crippen LogP contribution in [0.5, 0.6) is 11.5 Å². The second-order valence-corrected chi connectivity index (χ2v) is 5.67. The zero-order valence-electron chi connectivity index (χ0n) is 13.2.